The Morgan fingerprint density at radius 3 is 2.12 bits per heavy atom. The lowest BCUT2D eigenvalue weighted by Crippen LogP contribution is -2.12. The summed E-state index contributed by atoms with van der Waals surface area (Å²) < 4.78 is 9.79. The summed E-state index contributed by atoms with van der Waals surface area (Å²) in [5.41, 5.74) is 5.97. The molecular weight excluding hydrogens is 242 g/mol. The second-order valence-electron chi connectivity index (χ2n) is 3.21. The molecule has 1 aromatic rings. The van der Waals surface area contributed by atoms with Gasteiger partial charge in [-0.3, -0.25) is 9.59 Å². The quantitative estimate of drug-likeness (QED) is 0.495. The van der Waals surface area contributed by atoms with Crippen LogP contribution in [0.15, 0.2) is 18.2 Å². The van der Waals surface area contributed by atoms with Crippen molar-refractivity contribution in [1.82, 2.24) is 0 Å². The van der Waals surface area contributed by atoms with Crippen molar-refractivity contribution in [2.45, 2.75) is 13.8 Å². The van der Waals surface area contributed by atoms with Gasteiger partial charge in [0.05, 0.1) is 0 Å². The van der Waals surface area contributed by atoms with Gasteiger partial charge in [-0.05, 0) is 18.2 Å². The van der Waals surface area contributed by atoms with Gasteiger partial charge in [-0.1, -0.05) is 12.2 Å². The largest absolute Gasteiger partial charge is 0.423 e. The highest BCUT2D eigenvalue weighted by Gasteiger charge is 2.11. The van der Waals surface area contributed by atoms with Gasteiger partial charge in [-0.2, -0.15) is 0 Å². The highest BCUT2D eigenvalue weighted by Crippen LogP contribution is 2.28. The number of ether oxygens (including phenoxy) is 2. The molecule has 0 aliphatic heterocycles. The second kappa shape index (κ2) is 5.40. The minimum Gasteiger partial charge on any atom is -0.423 e. The fourth-order valence-corrected chi connectivity index (χ4v) is 1.26. The maximum absolute atomic E-state index is 10.9. The van der Waals surface area contributed by atoms with E-state index in [9.17, 15) is 9.59 Å². The van der Waals surface area contributed by atoms with Gasteiger partial charge in [-0.25, -0.2) is 0 Å². The third-order valence-corrected chi connectivity index (χ3v) is 1.97. The molecule has 0 saturated carbocycles. The lowest BCUT2D eigenvalue weighted by molar-refractivity contribution is -0.134. The summed E-state index contributed by atoms with van der Waals surface area (Å²) in [4.78, 5) is 21.9. The van der Waals surface area contributed by atoms with Crippen LogP contribution in [0.3, 0.4) is 0 Å². The van der Waals surface area contributed by atoms with E-state index < -0.39 is 11.9 Å². The molecule has 1 aromatic carbocycles. The molecule has 0 aromatic heterocycles. The van der Waals surface area contributed by atoms with Crippen molar-refractivity contribution in [3.63, 3.8) is 0 Å². The molecule has 0 atom stereocenters. The molecule has 0 saturated heterocycles. The van der Waals surface area contributed by atoms with Gasteiger partial charge >= 0.3 is 11.9 Å². The average Bonchev–Trinajstić information content (AvgIpc) is 2.18. The van der Waals surface area contributed by atoms with Crippen molar-refractivity contribution in [1.29, 1.82) is 0 Å². The Morgan fingerprint density at radius 1 is 1.12 bits per heavy atom. The van der Waals surface area contributed by atoms with Crippen molar-refractivity contribution < 1.29 is 19.1 Å². The molecule has 0 amide bonds. The summed E-state index contributed by atoms with van der Waals surface area (Å²) in [7, 11) is 0. The molecule has 17 heavy (non-hydrogen) atoms. The molecule has 1 rings (SSSR count). The summed E-state index contributed by atoms with van der Waals surface area (Å²) >= 11 is 4.80. The minimum absolute atomic E-state index is 0.109. The molecule has 90 valence electrons. The minimum atomic E-state index is -0.529. The Morgan fingerprint density at radius 2 is 1.65 bits per heavy atom. The van der Waals surface area contributed by atoms with Crippen LogP contribution in [0.2, 0.25) is 0 Å². The van der Waals surface area contributed by atoms with Gasteiger partial charge in [0.1, 0.15) is 4.99 Å². The van der Waals surface area contributed by atoms with E-state index in [1.807, 2.05) is 0 Å². The van der Waals surface area contributed by atoms with Crippen molar-refractivity contribution in [2.75, 3.05) is 0 Å². The fraction of sp³-hybridized carbons (Fsp3) is 0.182. The van der Waals surface area contributed by atoms with E-state index in [4.69, 9.17) is 27.4 Å². The number of benzene rings is 1. The molecule has 2 N–H and O–H groups in total. The zero-order valence-corrected chi connectivity index (χ0v) is 10.2. The number of hydrogen-bond acceptors (Lipinski definition) is 5. The number of carbonyl (C=O) groups is 2. The van der Waals surface area contributed by atoms with Gasteiger partial charge < -0.3 is 15.2 Å². The molecule has 0 radical (unpaired) electrons. The van der Waals surface area contributed by atoms with E-state index in [1.54, 1.807) is 6.07 Å². The average molecular weight is 253 g/mol. The van der Waals surface area contributed by atoms with E-state index in [1.165, 1.54) is 26.0 Å². The third-order valence-electron chi connectivity index (χ3n) is 1.74. The maximum atomic E-state index is 10.9. The standard InChI is InChI=1S/C11H11NO4S/c1-6(13)15-9-4-3-8(11(12)17)5-10(9)16-7(2)14/h3-5H,1-2H3,(H2,12,17). The van der Waals surface area contributed by atoms with E-state index in [0.717, 1.165) is 0 Å². The normalized spacial score (nSPS) is 9.53. The monoisotopic (exact) mass is 253 g/mol. The first-order valence-electron chi connectivity index (χ1n) is 4.71. The van der Waals surface area contributed by atoms with Gasteiger partial charge in [0.15, 0.2) is 11.5 Å². The molecular formula is C11H11NO4S. The first kappa shape index (κ1) is 13.1. The predicted octanol–water partition coefficient (Wildman–Crippen LogP) is 1.17. The molecule has 0 unspecified atom stereocenters. The van der Waals surface area contributed by atoms with Crippen molar-refractivity contribution in [3.8, 4) is 11.5 Å². The van der Waals surface area contributed by atoms with E-state index in [2.05, 4.69) is 0 Å². The van der Waals surface area contributed by atoms with Crippen LogP contribution < -0.4 is 15.2 Å². The Bertz CT molecular complexity index is 484. The lowest BCUT2D eigenvalue weighted by atomic mass is 10.2. The van der Waals surface area contributed by atoms with E-state index in [-0.39, 0.29) is 16.5 Å². The number of carbonyl (C=O) groups excluding carboxylic acids is 2. The topological polar surface area (TPSA) is 78.6 Å². The Labute approximate surface area is 104 Å². The number of thiocarbonyl (C=S) groups is 1. The molecule has 0 heterocycles. The molecule has 0 aliphatic rings. The molecule has 0 fully saturated rings. The van der Waals surface area contributed by atoms with E-state index >= 15 is 0 Å². The maximum Gasteiger partial charge on any atom is 0.308 e. The molecule has 0 aliphatic carbocycles. The Kier molecular flexibility index (Phi) is 4.17. The summed E-state index contributed by atoms with van der Waals surface area (Å²) in [6.45, 7) is 2.49. The number of rotatable bonds is 3. The predicted molar refractivity (Wildman–Crippen MR) is 64.9 cm³/mol. The summed E-state index contributed by atoms with van der Waals surface area (Å²) in [5, 5.41) is 0. The zero-order chi connectivity index (χ0) is 13.0. The fourth-order valence-electron chi connectivity index (χ4n) is 1.14. The van der Waals surface area contributed by atoms with Gasteiger partial charge in [0, 0.05) is 19.4 Å². The van der Waals surface area contributed by atoms with Gasteiger partial charge in [0.25, 0.3) is 0 Å². The highest BCUT2D eigenvalue weighted by molar-refractivity contribution is 7.80. The Hall–Kier alpha value is -1.95. The molecule has 0 spiro atoms. The van der Waals surface area contributed by atoms with Crippen LogP contribution in [0.25, 0.3) is 0 Å². The van der Waals surface area contributed by atoms with Crippen LogP contribution in [-0.2, 0) is 9.59 Å². The van der Waals surface area contributed by atoms with E-state index in [0.29, 0.717) is 5.56 Å². The second-order valence-corrected chi connectivity index (χ2v) is 3.65. The van der Waals surface area contributed by atoms with Crippen LogP contribution >= 0.6 is 12.2 Å². The van der Waals surface area contributed by atoms with Crippen LogP contribution in [0.5, 0.6) is 11.5 Å². The van der Waals surface area contributed by atoms with Gasteiger partial charge in [-0.15, -0.1) is 0 Å². The first-order chi connectivity index (χ1) is 7.90. The van der Waals surface area contributed by atoms with Crippen molar-refractivity contribution >= 4 is 29.1 Å². The first-order valence-corrected chi connectivity index (χ1v) is 5.11. The van der Waals surface area contributed by atoms with Crippen molar-refractivity contribution in [3.05, 3.63) is 23.8 Å². The number of esters is 2. The third kappa shape index (κ3) is 3.84. The highest BCUT2D eigenvalue weighted by atomic mass is 32.1. The summed E-state index contributed by atoms with van der Waals surface area (Å²) in [5.74, 6) is -0.786. The van der Waals surface area contributed by atoms with Crippen molar-refractivity contribution in [2.24, 2.45) is 5.73 Å². The van der Waals surface area contributed by atoms with Crippen LogP contribution in [0.4, 0.5) is 0 Å². The van der Waals surface area contributed by atoms with Crippen LogP contribution in [0, 0.1) is 0 Å². The molecule has 6 heteroatoms. The SMILES string of the molecule is CC(=O)Oc1ccc(C(N)=S)cc1OC(C)=O. The lowest BCUT2D eigenvalue weighted by Gasteiger charge is -2.09. The van der Waals surface area contributed by atoms with Crippen LogP contribution in [-0.4, -0.2) is 16.9 Å². The smallest absolute Gasteiger partial charge is 0.308 e. The van der Waals surface area contributed by atoms with Gasteiger partial charge in [0.2, 0.25) is 0 Å². The van der Waals surface area contributed by atoms with Crippen LogP contribution in [0.1, 0.15) is 19.4 Å². The molecule has 0 bridgehead atoms. The Balaban J connectivity index is 3.15. The number of nitrogens with two attached hydrogens (primary N) is 1. The zero-order valence-electron chi connectivity index (χ0n) is 9.35. The molecule has 5 nitrogen and oxygen atoms in total. The summed E-state index contributed by atoms with van der Waals surface area (Å²) in [6.07, 6.45) is 0. The summed E-state index contributed by atoms with van der Waals surface area (Å²) in [6, 6.07) is 4.49. The number of hydrogen-bond donors (Lipinski definition) is 1.